The Balaban J connectivity index is 1.60. The molecule has 3 aromatic carbocycles. The number of fused-ring (bicyclic) bond motifs is 1. The van der Waals surface area contributed by atoms with Crippen molar-refractivity contribution >= 4 is 40.7 Å². The van der Waals surface area contributed by atoms with Gasteiger partial charge in [0.25, 0.3) is 17.3 Å². The number of amides is 1. The van der Waals surface area contributed by atoms with Crippen LogP contribution in [0.2, 0.25) is 5.02 Å². The number of allylic oxidation sites excluding steroid dienone is 1. The zero-order chi connectivity index (χ0) is 26.1. The van der Waals surface area contributed by atoms with Gasteiger partial charge in [-0.3, -0.25) is 25.0 Å². The van der Waals surface area contributed by atoms with Gasteiger partial charge in [0, 0.05) is 40.8 Å². The van der Waals surface area contributed by atoms with Crippen molar-refractivity contribution in [3.05, 3.63) is 120 Å². The summed E-state index contributed by atoms with van der Waals surface area (Å²) in [6, 6.07) is 18.6. The Kier molecular flexibility index (Phi) is 6.54. The summed E-state index contributed by atoms with van der Waals surface area (Å²) in [5.74, 6) is -0.556. The molecule has 0 radical (unpaired) electrons. The van der Waals surface area contributed by atoms with Crippen LogP contribution in [0.1, 0.15) is 46.8 Å². The molecule has 1 aliphatic carbocycles. The maximum Gasteiger partial charge on any atom is 0.274 e. The number of nitrogens with zero attached hydrogens (tertiary/aromatic N) is 4. The van der Waals surface area contributed by atoms with E-state index in [-0.39, 0.29) is 23.2 Å². The molecule has 10 heteroatoms. The molecule has 0 aromatic heterocycles. The second-order valence-corrected chi connectivity index (χ2v) is 9.40. The molecule has 1 saturated carbocycles. The number of hydrogen-bond donors (Lipinski definition) is 0. The van der Waals surface area contributed by atoms with Crippen molar-refractivity contribution in [2.45, 2.75) is 25.3 Å². The number of hydrogen-bond acceptors (Lipinski definition) is 6. The van der Waals surface area contributed by atoms with Gasteiger partial charge in [0.15, 0.2) is 0 Å². The zero-order valence-electron chi connectivity index (χ0n) is 19.5. The van der Waals surface area contributed by atoms with E-state index in [9.17, 15) is 25.0 Å². The smallest absolute Gasteiger partial charge is 0.267 e. The molecular formula is C27H21ClN4O5. The second kappa shape index (κ2) is 9.94. The molecule has 186 valence electrons. The quantitative estimate of drug-likeness (QED) is 0.280. The SMILES string of the molecule is O=C(c1cccc(Cl)c1)N1N=C2C(=Cc3cccc([N+](=O)[O-])c3)CCCC2C1c1cccc([N+](=O)[O-])c1. The summed E-state index contributed by atoms with van der Waals surface area (Å²) in [5, 5.41) is 29.3. The molecule has 1 aliphatic heterocycles. The third-order valence-corrected chi connectivity index (χ3v) is 6.86. The first kappa shape index (κ1) is 24.3. The third-order valence-electron chi connectivity index (χ3n) is 6.63. The predicted octanol–water partition coefficient (Wildman–Crippen LogP) is 6.59. The summed E-state index contributed by atoms with van der Waals surface area (Å²) >= 11 is 6.14. The van der Waals surface area contributed by atoms with Crippen molar-refractivity contribution in [2.24, 2.45) is 11.0 Å². The molecule has 2 aliphatic rings. The molecule has 1 fully saturated rings. The summed E-state index contributed by atoms with van der Waals surface area (Å²) in [6.07, 6.45) is 4.11. The average Bonchev–Trinajstić information content (AvgIpc) is 3.29. The minimum absolute atomic E-state index is 0.0118. The highest BCUT2D eigenvalue weighted by atomic mass is 35.5. The largest absolute Gasteiger partial charge is 0.274 e. The maximum absolute atomic E-state index is 13.7. The van der Waals surface area contributed by atoms with Crippen LogP contribution in [-0.2, 0) is 0 Å². The molecule has 3 aromatic rings. The van der Waals surface area contributed by atoms with E-state index in [0.29, 0.717) is 33.8 Å². The molecule has 1 amide bonds. The molecule has 0 N–H and O–H groups in total. The first-order chi connectivity index (χ1) is 17.8. The Morgan fingerprint density at radius 2 is 1.68 bits per heavy atom. The summed E-state index contributed by atoms with van der Waals surface area (Å²) in [6.45, 7) is 0. The number of carbonyl (C=O) groups is 1. The first-order valence-electron chi connectivity index (χ1n) is 11.7. The summed E-state index contributed by atoms with van der Waals surface area (Å²) in [4.78, 5) is 35.5. The van der Waals surface area contributed by atoms with Gasteiger partial charge in [0.05, 0.1) is 21.6 Å². The summed E-state index contributed by atoms with van der Waals surface area (Å²) in [7, 11) is 0. The van der Waals surface area contributed by atoms with Crippen LogP contribution in [-0.4, -0.2) is 26.5 Å². The van der Waals surface area contributed by atoms with Gasteiger partial charge in [-0.1, -0.05) is 41.9 Å². The van der Waals surface area contributed by atoms with E-state index in [4.69, 9.17) is 16.7 Å². The fraction of sp³-hybridized carbons (Fsp3) is 0.185. The number of halogens is 1. The highest BCUT2D eigenvalue weighted by Gasteiger charge is 2.44. The van der Waals surface area contributed by atoms with Crippen molar-refractivity contribution < 1.29 is 14.6 Å². The van der Waals surface area contributed by atoms with Gasteiger partial charge in [0.2, 0.25) is 0 Å². The Labute approximate surface area is 217 Å². The van der Waals surface area contributed by atoms with Crippen LogP contribution in [0.25, 0.3) is 6.08 Å². The number of carbonyl (C=O) groups excluding carboxylic acids is 1. The lowest BCUT2D eigenvalue weighted by Gasteiger charge is -2.29. The Bertz CT molecular complexity index is 1480. The van der Waals surface area contributed by atoms with Crippen molar-refractivity contribution in [1.82, 2.24) is 5.01 Å². The van der Waals surface area contributed by atoms with Crippen molar-refractivity contribution in [3.63, 3.8) is 0 Å². The topological polar surface area (TPSA) is 119 Å². The van der Waals surface area contributed by atoms with Gasteiger partial charge in [-0.25, -0.2) is 5.01 Å². The van der Waals surface area contributed by atoms with Gasteiger partial charge >= 0.3 is 0 Å². The number of nitro groups is 2. The molecule has 1 heterocycles. The van der Waals surface area contributed by atoms with Crippen LogP contribution in [0.3, 0.4) is 0 Å². The molecular weight excluding hydrogens is 496 g/mol. The van der Waals surface area contributed by atoms with Crippen LogP contribution >= 0.6 is 11.6 Å². The molecule has 0 bridgehead atoms. The highest BCUT2D eigenvalue weighted by Crippen LogP contribution is 2.45. The van der Waals surface area contributed by atoms with Crippen LogP contribution in [0, 0.1) is 26.1 Å². The van der Waals surface area contributed by atoms with Crippen LogP contribution < -0.4 is 0 Å². The fourth-order valence-electron chi connectivity index (χ4n) is 5.01. The Morgan fingerprint density at radius 3 is 2.41 bits per heavy atom. The van der Waals surface area contributed by atoms with Gasteiger partial charge < -0.3 is 0 Å². The molecule has 2 atom stereocenters. The molecule has 0 saturated heterocycles. The minimum atomic E-state index is -0.546. The molecule has 2 unspecified atom stereocenters. The predicted molar refractivity (Wildman–Crippen MR) is 139 cm³/mol. The lowest BCUT2D eigenvalue weighted by Crippen LogP contribution is -2.32. The van der Waals surface area contributed by atoms with Crippen molar-refractivity contribution in [1.29, 1.82) is 0 Å². The second-order valence-electron chi connectivity index (χ2n) is 8.96. The minimum Gasteiger partial charge on any atom is -0.267 e. The van der Waals surface area contributed by atoms with E-state index >= 15 is 0 Å². The standard InChI is InChI=1S/C27H21ClN4O5/c28-21-9-2-8-20(15-21)27(33)30-26(19-7-3-11-23(16-19)32(36)37)24-12-4-6-18(25(24)29-30)13-17-5-1-10-22(14-17)31(34)35/h1-3,5,7-11,13-16,24,26H,4,6,12H2. The third kappa shape index (κ3) is 4.85. The number of non-ortho nitro benzene ring substituents is 2. The summed E-state index contributed by atoms with van der Waals surface area (Å²) < 4.78 is 0. The van der Waals surface area contributed by atoms with Crippen LogP contribution in [0.5, 0.6) is 0 Å². The maximum atomic E-state index is 13.7. The van der Waals surface area contributed by atoms with Gasteiger partial charge in [-0.2, -0.15) is 5.10 Å². The summed E-state index contributed by atoms with van der Waals surface area (Å²) in [5.41, 5.74) is 3.16. The van der Waals surface area contributed by atoms with E-state index in [1.807, 2.05) is 6.08 Å². The number of nitro benzene ring substituents is 2. The first-order valence-corrected chi connectivity index (χ1v) is 12.1. The van der Waals surface area contributed by atoms with Gasteiger partial charge in [0.1, 0.15) is 0 Å². The van der Waals surface area contributed by atoms with Crippen LogP contribution in [0.15, 0.2) is 83.5 Å². The molecule has 0 spiro atoms. The fourth-order valence-corrected chi connectivity index (χ4v) is 5.20. The van der Waals surface area contributed by atoms with E-state index < -0.39 is 15.9 Å². The zero-order valence-corrected chi connectivity index (χ0v) is 20.2. The van der Waals surface area contributed by atoms with Gasteiger partial charge in [-0.05, 0) is 60.2 Å². The Morgan fingerprint density at radius 1 is 0.973 bits per heavy atom. The molecule has 5 rings (SSSR count). The average molecular weight is 517 g/mol. The number of benzene rings is 3. The normalized spacial score (nSPS) is 19.9. The molecule has 37 heavy (non-hydrogen) atoms. The lowest BCUT2D eigenvalue weighted by molar-refractivity contribution is -0.385. The van der Waals surface area contributed by atoms with E-state index in [0.717, 1.165) is 18.4 Å². The van der Waals surface area contributed by atoms with E-state index in [1.165, 1.54) is 29.3 Å². The highest BCUT2D eigenvalue weighted by molar-refractivity contribution is 6.31. The lowest BCUT2D eigenvalue weighted by atomic mass is 9.77. The van der Waals surface area contributed by atoms with Crippen LogP contribution in [0.4, 0.5) is 11.4 Å². The molecule has 9 nitrogen and oxygen atoms in total. The van der Waals surface area contributed by atoms with Gasteiger partial charge in [-0.15, -0.1) is 0 Å². The number of hydrazone groups is 1. The van der Waals surface area contributed by atoms with E-state index in [2.05, 4.69) is 0 Å². The van der Waals surface area contributed by atoms with Crippen molar-refractivity contribution in [2.75, 3.05) is 0 Å². The Hall–Kier alpha value is -4.37. The van der Waals surface area contributed by atoms with Crippen molar-refractivity contribution in [3.8, 4) is 0 Å². The van der Waals surface area contributed by atoms with E-state index in [1.54, 1.807) is 48.5 Å². The monoisotopic (exact) mass is 516 g/mol. The number of rotatable bonds is 5.